The zero-order valence-corrected chi connectivity index (χ0v) is 21.4. The molecule has 8 nitrogen and oxygen atoms in total. The topological polar surface area (TPSA) is 78.4 Å². The lowest BCUT2D eigenvalue weighted by Gasteiger charge is -2.37. The Morgan fingerprint density at radius 3 is 2.38 bits per heavy atom. The first-order chi connectivity index (χ1) is 16.6. The molecule has 0 spiro atoms. The molecule has 2 aliphatic rings. The lowest BCUT2D eigenvalue weighted by molar-refractivity contribution is 0.248. The number of methoxy groups -OCH3 is 1. The van der Waals surface area contributed by atoms with E-state index in [9.17, 15) is 0 Å². The summed E-state index contributed by atoms with van der Waals surface area (Å²) in [6.07, 6.45) is 9.60. The fraction of sp³-hybridized carbons (Fsp3) is 0.640. The summed E-state index contributed by atoms with van der Waals surface area (Å²) in [5, 5.41) is 7.37. The van der Waals surface area contributed by atoms with Crippen LogP contribution in [0.4, 0.5) is 17.8 Å². The number of rotatable bonds is 8. The van der Waals surface area contributed by atoms with Crippen molar-refractivity contribution >= 4 is 29.4 Å². The number of nitrogens with one attached hydrogen (secondary N) is 2. The Morgan fingerprint density at radius 1 is 1.03 bits per heavy atom. The van der Waals surface area contributed by atoms with Crippen molar-refractivity contribution in [2.75, 3.05) is 49.8 Å². The molecular weight excluding hydrogens is 450 g/mol. The van der Waals surface area contributed by atoms with Crippen molar-refractivity contribution in [3.05, 3.63) is 28.8 Å². The van der Waals surface area contributed by atoms with Gasteiger partial charge in [0.1, 0.15) is 5.75 Å². The van der Waals surface area contributed by atoms with Gasteiger partial charge in [-0.15, -0.1) is 0 Å². The minimum atomic E-state index is 0.343. The Balaban J connectivity index is 1.63. The minimum Gasteiger partial charge on any atom is -0.495 e. The van der Waals surface area contributed by atoms with Crippen LogP contribution in [0.5, 0.6) is 5.75 Å². The molecule has 0 amide bonds. The molecule has 0 atom stereocenters. The normalized spacial score (nSPS) is 18.4. The molecule has 1 aliphatic carbocycles. The Morgan fingerprint density at radius 2 is 1.74 bits per heavy atom. The minimum absolute atomic E-state index is 0.343. The lowest BCUT2D eigenvalue weighted by Crippen LogP contribution is -2.44. The summed E-state index contributed by atoms with van der Waals surface area (Å²) in [5.41, 5.74) is 1.11. The van der Waals surface area contributed by atoms with Crippen LogP contribution in [0, 0.1) is 0 Å². The van der Waals surface area contributed by atoms with Crippen molar-refractivity contribution in [1.82, 2.24) is 19.9 Å². The number of ether oxygens (including phenoxy) is 1. The van der Waals surface area contributed by atoms with Gasteiger partial charge in [0, 0.05) is 25.7 Å². The second kappa shape index (κ2) is 11.9. The van der Waals surface area contributed by atoms with Crippen LogP contribution in [-0.4, -0.2) is 66.2 Å². The third-order valence-electron chi connectivity index (χ3n) is 6.99. The SMILES string of the molecule is CNc1nc(NC2CCCCCC2)nc(N(Cc2ccc(OC)c(Cl)c2)C2CCN(C)CC2)n1. The van der Waals surface area contributed by atoms with E-state index >= 15 is 0 Å². The van der Waals surface area contributed by atoms with E-state index in [2.05, 4.69) is 38.5 Å². The molecule has 1 saturated carbocycles. The maximum Gasteiger partial charge on any atom is 0.232 e. The zero-order valence-electron chi connectivity index (χ0n) is 20.7. The summed E-state index contributed by atoms with van der Waals surface area (Å²) in [7, 11) is 5.68. The van der Waals surface area contributed by atoms with Gasteiger partial charge in [-0.2, -0.15) is 15.0 Å². The molecule has 0 radical (unpaired) electrons. The highest BCUT2D eigenvalue weighted by Gasteiger charge is 2.27. The molecule has 2 aromatic rings. The van der Waals surface area contributed by atoms with Crippen LogP contribution in [0.1, 0.15) is 56.9 Å². The molecule has 34 heavy (non-hydrogen) atoms. The molecule has 1 aromatic carbocycles. The predicted octanol–water partition coefficient (Wildman–Crippen LogP) is 4.81. The molecule has 1 aromatic heterocycles. The van der Waals surface area contributed by atoms with Gasteiger partial charge >= 0.3 is 0 Å². The van der Waals surface area contributed by atoms with Gasteiger partial charge in [-0.05, 0) is 63.5 Å². The van der Waals surface area contributed by atoms with Gasteiger partial charge in [-0.25, -0.2) is 0 Å². The summed E-state index contributed by atoms with van der Waals surface area (Å²) in [6.45, 7) is 2.79. The third kappa shape index (κ3) is 6.42. The smallest absolute Gasteiger partial charge is 0.232 e. The van der Waals surface area contributed by atoms with E-state index in [0.29, 0.717) is 47.2 Å². The largest absolute Gasteiger partial charge is 0.495 e. The third-order valence-corrected chi connectivity index (χ3v) is 7.29. The first-order valence-corrected chi connectivity index (χ1v) is 12.9. The molecule has 186 valence electrons. The molecule has 2 heterocycles. The first-order valence-electron chi connectivity index (χ1n) is 12.5. The average Bonchev–Trinajstić information content (AvgIpc) is 3.11. The molecule has 4 rings (SSSR count). The zero-order chi connectivity index (χ0) is 23.9. The van der Waals surface area contributed by atoms with Gasteiger partial charge in [0.15, 0.2) is 0 Å². The van der Waals surface area contributed by atoms with Gasteiger partial charge in [0.05, 0.1) is 12.1 Å². The summed E-state index contributed by atoms with van der Waals surface area (Å²) in [6, 6.07) is 6.73. The van der Waals surface area contributed by atoms with Crippen molar-refractivity contribution in [3.63, 3.8) is 0 Å². The van der Waals surface area contributed by atoms with Crippen LogP contribution in [0.3, 0.4) is 0 Å². The standard InChI is InChI=1S/C25H38ClN7O/c1-27-23-29-24(28-19-8-6-4-5-7-9-19)31-25(30-23)33(20-12-14-32(2)15-13-20)17-18-10-11-22(34-3)21(26)16-18/h10-11,16,19-20H,4-9,12-15,17H2,1-3H3,(H2,27,28,29,30,31). The van der Waals surface area contributed by atoms with Crippen LogP contribution in [0.15, 0.2) is 18.2 Å². The molecule has 1 aliphatic heterocycles. The fourth-order valence-corrected chi connectivity index (χ4v) is 5.23. The van der Waals surface area contributed by atoms with E-state index < -0.39 is 0 Å². The molecular formula is C25H38ClN7O. The highest BCUT2D eigenvalue weighted by atomic mass is 35.5. The number of piperidine rings is 1. The first kappa shape index (κ1) is 24.8. The van der Waals surface area contributed by atoms with Crippen molar-refractivity contribution in [3.8, 4) is 5.75 Å². The van der Waals surface area contributed by atoms with E-state index in [4.69, 9.17) is 26.3 Å². The number of aromatic nitrogens is 3. The second-order valence-corrected chi connectivity index (χ2v) is 9.90. The highest BCUT2D eigenvalue weighted by Crippen LogP contribution is 2.29. The van der Waals surface area contributed by atoms with Crippen LogP contribution >= 0.6 is 11.6 Å². The summed E-state index contributed by atoms with van der Waals surface area (Å²) in [4.78, 5) is 19.1. The molecule has 1 saturated heterocycles. The maximum atomic E-state index is 6.45. The van der Waals surface area contributed by atoms with Crippen molar-refractivity contribution in [2.24, 2.45) is 0 Å². The number of nitrogens with zero attached hydrogens (tertiary/aromatic N) is 5. The van der Waals surface area contributed by atoms with Crippen LogP contribution in [0.2, 0.25) is 5.02 Å². The maximum absolute atomic E-state index is 6.45. The van der Waals surface area contributed by atoms with Gasteiger partial charge in [-0.1, -0.05) is 43.4 Å². The van der Waals surface area contributed by atoms with E-state index in [-0.39, 0.29) is 0 Å². The summed E-state index contributed by atoms with van der Waals surface area (Å²) in [5.74, 6) is 2.64. The number of hydrogen-bond acceptors (Lipinski definition) is 8. The van der Waals surface area contributed by atoms with Crippen molar-refractivity contribution in [2.45, 2.75) is 70.0 Å². The number of anilines is 3. The molecule has 2 N–H and O–H groups in total. The van der Waals surface area contributed by atoms with Crippen molar-refractivity contribution < 1.29 is 4.74 Å². The number of halogens is 1. The molecule has 2 fully saturated rings. The van der Waals surface area contributed by atoms with E-state index in [0.717, 1.165) is 31.5 Å². The second-order valence-electron chi connectivity index (χ2n) is 9.50. The van der Waals surface area contributed by atoms with E-state index in [1.165, 1.54) is 38.5 Å². The average molecular weight is 488 g/mol. The van der Waals surface area contributed by atoms with Crippen LogP contribution in [-0.2, 0) is 6.54 Å². The van der Waals surface area contributed by atoms with E-state index in [1.807, 2.05) is 19.2 Å². The summed E-state index contributed by atoms with van der Waals surface area (Å²) < 4.78 is 5.34. The summed E-state index contributed by atoms with van der Waals surface area (Å²) >= 11 is 6.45. The lowest BCUT2D eigenvalue weighted by atomic mass is 10.0. The monoisotopic (exact) mass is 487 g/mol. The Kier molecular flexibility index (Phi) is 8.67. The highest BCUT2D eigenvalue weighted by molar-refractivity contribution is 6.32. The van der Waals surface area contributed by atoms with Gasteiger partial charge in [0.2, 0.25) is 17.8 Å². The van der Waals surface area contributed by atoms with Crippen molar-refractivity contribution in [1.29, 1.82) is 0 Å². The number of benzene rings is 1. The quantitative estimate of drug-likeness (QED) is 0.513. The molecule has 0 unspecified atom stereocenters. The number of likely N-dealkylation sites (tertiary alicyclic amines) is 1. The predicted molar refractivity (Wildman–Crippen MR) is 139 cm³/mol. The fourth-order valence-electron chi connectivity index (χ4n) is 4.95. The molecule has 0 bridgehead atoms. The van der Waals surface area contributed by atoms with Crippen LogP contribution in [0.25, 0.3) is 0 Å². The number of hydrogen-bond donors (Lipinski definition) is 2. The Labute approximate surface area is 208 Å². The van der Waals surface area contributed by atoms with Gasteiger partial charge < -0.3 is 25.2 Å². The van der Waals surface area contributed by atoms with Crippen LogP contribution < -0.4 is 20.3 Å². The van der Waals surface area contributed by atoms with Gasteiger partial charge in [0.25, 0.3) is 0 Å². The molecule has 9 heteroatoms. The van der Waals surface area contributed by atoms with E-state index in [1.54, 1.807) is 7.11 Å². The Bertz CT molecular complexity index is 927. The van der Waals surface area contributed by atoms with Gasteiger partial charge in [-0.3, -0.25) is 0 Å². The Hall–Kier alpha value is -2.32.